The van der Waals surface area contributed by atoms with Crippen molar-refractivity contribution >= 4 is 6.08 Å². The van der Waals surface area contributed by atoms with Crippen molar-refractivity contribution in [3.8, 4) is 17.2 Å². The zero-order valence-electron chi connectivity index (χ0n) is 26.5. The zero-order valence-corrected chi connectivity index (χ0v) is 26.5. The lowest BCUT2D eigenvalue weighted by atomic mass is 9.86. The summed E-state index contributed by atoms with van der Waals surface area (Å²) in [5, 5.41) is 90.5. The summed E-state index contributed by atoms with van der Waals surface area (Å²) >= 11 is 0. The van der Waals surface area contributed by atoms with Crippen LogP contribution in [-0.2, 0) is 20.6 Å². The van der Waals surface area contributed by atoms with Crippen molar-refractivity contribution in [1.29, 1.82) is 0 Å². The van der Waals surface area contributed by atoms with Crippen molar-refractivity contribution in [3.63, 3.8) is 0 Å². The van der Waals surface area contributed by atoms with E-state index >= 15 is 0 Å². The predicted molar refractivity (Wildman–Crippen MR) is 165 cm³/mol. The number of methoxy groups -OCH3 is 2. The van der Waals surface area contributed by atoms with Crippen LogP contribution >= 0.6 is 0 Å². The van der Waals surface area contributed by atoms with E-state index in [0.717, 1.165) is 22.3 Å². The average Bonchev–Trinajstić information content (AvgIpc) is 3.47. The van der Waals surface area contributed by atoms with Gasteiger partial charge in [-0.15, -0.1) is 0 Å². The van der Waals surface area contributed by atoms with Crippen LogP contribution in [0.5, 0.6) is 17.2 Å². The summed E-state index contributed by atoms with van der Waals surface area (Å²) < 4.78 is 34.3. The number of rotatable bonds is 12. The Bertz CT molecular complexity index is 1400. The molecule has 0 spiro atoms. The lowest BCUT2D eigenvalue weighted by Crippen LogP contribution is -2.60. The monoisotopic (exact) mass is 680 g/mol. The Kier molecular flexibility index (Phi) is 11.9. The molecule has 2 saturated heterocycles. The molecule has 1 aliphatic carbocycles. The zero-order chi connectivity index (χ0) is 34.7. The summed E-state index contributed by atoms with van der Waals surface area (Å²) in [7, 11) is 2.97. The fraction of sp³-hybridized carbons (Fsp3) is 0.576. The van der Waals surface area contributed by atoms with Gasteiger partial charge in [0.15, 0.2) is 17.8 Å². The third-order valence-corrected chi connectivity index (χ3v) is 9.21. The van der Waals surface area contributed by atoms with Crippen LogP contribution in [0, 0.1) is 0 Å². The highest BCUT2D eigenvalue weighted by atomic mass is 16.7. The van der Waals surface area contributed by atoms with E-state index in [9.17, 15) is 46.0 Å². The molecule has 0 radical (unpaired) electrons. The molecule has 266 valence electrons. The lowest BCUT2D eigenvalue weighted by molar-refractivity contribution is -0.302. The van der Waals surface area contributed by atoms with Crippen molar-refractivity contribution in [2.75, 3.05) is 40.6 Å². The molecule has 15 nitrogen and oxygen atoms in total. The van der Waals surface area contributed by atoms with Crippen LogP contribution in [0.3, 0.4) is 0 Å². The first-order valence-corrected chi connectivity index (χ1v) is 15.6. The molecule has 2 fully saturated rings. The highest BCUT2D eigenvalue weighted by Crippen LogP contribution is 2.49. The van der Waals surface area contributed by atoms with Gasteiger partial charge in [0.05, 0.1) is 40.6 Å². The Hall–Kier alpha value is -2.90. The molecule has 2 heterocycles. The summed E-state index contributed by atoms with van der Waals surface area (Å²) in [6, 6.07) is 8.90. The van der Waals surface area contributed by atoms with E-state index < -0.39 is 74.6 Å². The van der Waals surface area contributed by atoms with Gasteiger partial charge in [-0.3, -0.25) is 0 Å². The highest BCUT2D eigenvalue weighted by Gasteiger charge is 2.46. The number of aliphatic hydroxyl groups excluding tert-OH is 9. The van der Waals surface area contributed by atoms with E-state index in [0.29, 0.717) is 12.2 Å². The molecule has 2 aromatic carbocycles. The molecule has 0 aromatic heterocycles. The number of aliphatic hydroxyl groups is 9. The molecule has 0 saturated carbocycles. The minimum Gasteiger partial charge on any atom is -0.496 e. The SMILES string of the molecule is COc1cc([C@@H]2Cc3c(OC)cc(C=CCO)cc3[C@H]2CO[C@H]2O[C@H](CO)[C@@H](O)[C@H](O)[C@H]2O)ccc1O[C@H]1O[C@H](CO)[C@@H](O)[C@H](O)[C@H]1O. The van der Waals surface area contributed by atoms with Crippen molar-refractivity contribution in [2.45, 2.75) is 79.7 Å². The Morgan fingerprint density at radius 1 is 0.729 bits per heavy atom. The van der Waals surface area contributed by atoms with E-state index in [1.807, 2.05) is 12.1 Å². The van der Waals surface area contributed by atoms with Crippen molar-refractivity contribution in [1.82, 2.24) is 0 Å². The molecule has 0 amide bonds. The molecule has 0 bridgehead atoms. The second-order valence-corrected chi connectivity index (χ2v) is 12.0. The lowest BCUT2D eigenvalue weighted by Gasteiger charge is -2.40. The topological polar surface area (TPSA) is 237 Å². The van der Waals surface area contributed by atoms with Gasteiger partial charge in [0.25, 0.3) is 0 Å². The number of ether oxygens (including phenoxy) is 6. The van der Waals surface area contributed by atoms with E-state index in [1.165, 1.54) is 7.11 Å². The first kappa shape index (κ1) is 36.4. The molecular formula is C33H44O15. The maximum absolute atomic E-state index is 10.6. The summed E-state index contributed by atoms with van der Waals surface area (Å²) in [4.78, 5) is 0. The second-order valence-electron chi connectivity index (χ2n) is 12.0. The highest BCUT2D eigenvalue weighted by molar-refractivity contribution is 5.60. The third kappa shape index (κ3) is 7.19. The molecule has 5 rings (SSSR count). The quantitative estimate of drug-likeness (QED) is 0.119. The Balaban J connectivity index is 1.46. The summed E-state index contributed by atoms with van der Waals surface area (Å²) in [5.74, 6) is 0.369. The Morgan fingerprint density at radius 3 is 1.96 bits per heavy atom. The van der Waals surface area contributed by atoms with Gasteiger partial charge in [0, 0.05) is 5.92 Å². The molecule has 2 aliphatic heterocycles. The van der Waals surface area contributed by atoms with Crippen molar-refractivity contribution in [3.05, 3.63) is 58.7 Å². The first-order chi connectivity index (χ1) is 23.1. The van der Waals surface area contributed by atoms with Crippen LogP contribution in [0.2, 0.25) is 0 Å². The fourth-order valence-electron chi connectivity index (χ4n) is 6.55. The normalized spacial score (nSPS) is 35.1. The van der Waals surface area contributed by atoms with Gasteiger partial charge in [0.1, 0.15) is 54.6 Å². The van der Waals surface area contributed by atoms with Gasteiger partial charge >= 0.3 is 0 Å². The molecular weight excluding hydrogens is 636 g/mol. The summed E-state index contributed by atoms with van der Waals surface area (Å²) in [6.07, 6.45) is -10.8. The van der Waals surface area contributed by atoms with Crippen molar-refractivity contribution < 1.29 is 74.4 Å². The average molecular weight is 681 g/mol. The van der Waals surface area contributed by atoms with Crippen LogP contribution in [0.1, 0.15) is 34.1 Å². The van der Waals surface area contributed by atoms with E-state index in [-0.39, 0.29) is 36.5 Å². The van der Waals surface area contributed by atoms with Crippen LogP contribution in [0.15, 0.2) is 36.4 Å². The van der Waals surface area contributed by atoms with E-state index in [2.05, 4.69) is 0 Å². The molecule has 15 heteroatoms. The fourth-order valence-corrected chi connectivity index (χ4v) is 6.55. The van der Waals surface area contributed by atoms with Crippen LogP contribution in [0.25, 0.3) is 6.08 Å². The van der Waals surface area contributed by atoms with Crippen LogP contribution in [-0.4, -0.2) is 148 Å². The first-order valence-electron chi connectivity index (χ1n) is 15.6. The molecule has 12 atom stereocenters. The molecule has 2 aromatic rings. The number of hydrogen-bond acceptors (Lipinski definition) is 15. The number of benzene rings is 2. The number of hydrogen-bond donors (Lipinski definition) is 9. The molecule has 9 N–H and O–H groups in total. The largest absolute Gasteiger partial charge is 0.496 e. The van der Waals surface area contributed by atoms with Gasteiger partial charge in [-0.1, -0.05) is 24.3 Å². The smallest absolute Gasteiger partial charge is 0.229 e. The molecule has 0 unspecified atom stereocenters. The van der Waals surface area contributed by atoms with Gasteiger partial charge in [-0.2, -0.15) is 0 Å². The molecule has 48 heavy (non-hydrogen) atoms. The van der Waals surface area contributed by atoms with Gasteiger partial charge in [-0.25, -0.2) is 0 Å². The van der Waals surface area contributed by atoms with Crippen LogP contribution < -0.4 is 14.2 Å². The third-order valence-electron chi connectivity index (χ3n) is 9.21. The maximum Gasteiger partial charge on any atom is 0.229 e. The van der Waals surface area contributed by atoms with Gasteiger partial charge < -0.3 is 74.4 Å². The van der Waals surface area contributed by atoms with Crippen molar-refractivity contribution in [2.24, 2.45) is 0 Å². The standard InChI is InChI=1S/C33H44O15/c1-43-22-9-15(4-3-7-34)8-18-19(22)11-17(20(18)14-45-32-30(41)28(39)26(37)24(12-35)47-32)16-5-6-21(23(10-16)44-2)46-33-31(42)29(40)27(38)25(13-36)48-33/h3-6,8-10,17,20,24-42H,7,11-14H2,1-2H3/t17-,20-,24+,25+,26+,27+,28-,29-,30+,31+,32-,33-/m0/s1. The number of fused-ring (bicyclic) bond motifs is 1. The second kappa shape index (κ2) is 15.8. The molecule has 3 aliphatic rings. The van der Waals surface area contributed by atoms with Gasteiger partial charge in [0.2, 0.25) is 6.29 Å². The summed E-state index contributed by atoms with van der Waals surface area (Å²) in [5.41, 5.74) is 3.30. The van der Waals surface area contributed by atoms with Crippen LogP contribution in [0.4, 0.5) is 0 Å². The minimum atomic E-state index is -1.63. The predicted octanol–water partition coefficient (Wildman–Crippen LogP) is -1.87. The van der Waals surface area contributed by atoms with E-state index in [4.69, 9.17) is 28.4 Å². The van der Waals surface area contributed by atoms with E-state index in [1.54, 1.807) is 37.5 Å². The van der Waals surface area contributed by atoms with Gasteiger partial charge in [-0.05, 0) is 52.8 Å². The maximum atomic E-state index is 10.6. The Morgan fingerprint density at radius 2 is 1.35 bits per heavy atom. The summed E-state index contributed by atoms with van der Waals surface area (Å²) in [6.45, 7) is -1.41. The minimum absolute atomic E-state index is 0.0257. The Labute approximate surface area is 276 Å².